The Balaban J connectivity index is 1.62. The predicted molar refractivity (Wildman–Crippen MR) is 132 cm³/mol. The third-order valence-electron chi connectivity index (χ3n) is 5.37. The van der Waals surface area contributed by atoms with E-state index >= 15 is 0 Å². The van der Waals surface area contributed by atoms with Crippen molar-refractivity contribution < 1.29 is 18.7 Å². The molecule has 3 rings (SSSR count). The molecule has 8 heteroatoms. The predicted octanol–water partition coefficient (Wildman–Crippen LogP) is 5.11. The summed E-state index contributed by atoms with van der Waals surface area (Å²) >= 11 is 6.13. The van der Waals surface area contributed by atoms with Crippen LogP contribution < -0.4 is 10.1 Å². The van der Waals surface area contributed by atoms with Crippen LogP contribution in [-0.2, 0) is 11.3 Å². The molecule has 182 valence electrons. The zero-order valence-electron chi connectivity index (χ0n) is 20.0. The molecule has 2 aromatic carbocycles. The highest BCUT2D eigenvalue weighted by molar-refractivity contribution is 6.30. The van der Waals surface area contributed by atoms with Gasteiger partial charge in [0.2, 0.25) is 5.91 Å². The van der Waals surface area contributed by atoms with E-state index in [1.165, 1.54) is 18.2 Å². The molecule has 1 N–H and O–H groups in total. The van der Waals surface area contributed by atoms with Gasteiger partial charge in [-0.25, -0.2) is 9.18 Å². The highest BCUT2D eigenvalue weighted by atomic mass is 35.5. The van der Waals surface area contributed by atoms with Crippen LogP contribution in [0.5, 0.6) is 5.75 Å². The molecule has 1 aliphatic rings. The van der Waals surface area contributed by atoms with Crippen LogP contribution in [0.15, 0.2) is 48.5 Å². The number of nitrogens with one attached hydrogen (secondary N) is 1. The van der Waals surface area contributed by atoms with E-state index in [2.05, 4.69) is 10.2 Å². The van der Waals surface area contributed by atoms with Crippen molar-refractivity contribution in [3.63, 3.8) is 0 Å². The first-order valence-corrected chi connectivity index (χ1v) is 11.6. The molecule has 2 aromatic rings. The van der Waals surface area contributed by atoms with E-state index in [-0.39, 0.29) is 17.8 Å². The number of halogens is 2. The number of hydrogen-bond donors (Lipinski definition) is 1. The number of rotatable bonds is 5. The van der Waals surface area contributed by atoms with E-state index in [0.29, 0.717) is 29.4 Å². The number of ether oxygens (including phenoxy) is 1. The molecule has 1 saturated heterocycles. The Morgan fingerprint density at radius 2 is 1.88 bits per heavy atom. The molecule has 0 bridgehead atoms. The van der Waals surface area contributed by atoms with Crippen molar-refractivity contribution in [1.29, 1.82) is 0 Å². The summed E-state index contributed by atoms with van der Waals surface area (Å²) in [6, 6.07) is 11.4. The number of nitrogens with zero attached hydrogens (tertiary/aromatic N) is 2. The smallest absolute Gasteiger partial charge is 0.410 e. The van der Waals surface area contributed by atoms with E-state index in [0.717, 1.165) is 18.7 Å². The summed E-state index contributed by atoms with van der Waals surface area (Å²) in [6.45, 7) is 10.3. The van der Waals surface area contributed by atoms with Crippen molar-refractivity contribution in [3.8, 4) is 5.75 Å². The summed E-state index contributed by atoms with van der Waals surface area (Å²) in [5.41, 5.74) is 1.13. The molecule has 2 amide bonds. The van der Waals surface area contributed by atoms with Gasteiger partial charge in [-0.1, -0.05) is 23.7 Å². The van der Waals surface area contributed by atoms with Crippen LogP contribution in [0.4, 0.5) is 9.18 Å². The van der Waals surface area contributed by atoms with Crippen molar-refractivity contribution in [2.45, 2.75) is 45.8 Å². The Morgan fingerprint density at radius 1 is 1.18 bits per heavy atom. The van der Waals surface area contributed by atoms with E-state index < -0.39 is 11.6 Å². The summed E-state index contributed by atoms with van der Waals surface area (Å²) in [6.07, 6.45) is 2.51. The third kappa shape index (κ3) is 7.57. The SMILES string of the molecule is CC1CN(Cc2ccc(F)cc2)CCN1C(=O)/C=C/c1cc(Cl)ccc1OC(=O)NC(C)(C)C. The minimum Gasteiger partial charge on any atom is -0.410 e. The van der Waals surface area contributed by atoms with Gasteiger partial charge in [-0.05, 0) is 69.7 Å². The number of carbonyl (C=O) groups excluding carboxylic acids is 2. The van der Waals surface area contributed by atoms with Gasteiger partial charge < -0.3 is 15.0 Å². The van der Waals surface area contributed by atoms with Crippen molar-refractivity contribution in [1.82, 2.24) is 15.1 Å². The highest BCUT2D eigenvalue weighted by Crippen LogP contribution is 2.25. The molecular weight excluding hydrogens is 457 g/mol. The maximum Gasteiger partial charge on any atom is 0.413 e. The van der Waals surface area contributed by atoms with Crippen LogP contribution in [-0.4, -0.2) is 53.0 Å². The number of hydrogen-bond acceptors (Lipinski definition) is 4. The molecule has 1 unspecified atom stereocenters. The van der Waals surface area contributed by atoms with Crippen molar-refractivity contribution in [2.75, 3.05) is 19.6 Å². The Morgan fingerprint density at radius 3 is 2.53 bits per heavy atom. The second kappa shape index (κ2) is 11.0. The first kappa shape index (κ1) is 25.7. The van der Waals surface area contributed by atoms with E-state index in [1.54, 1.807) is 36.4 Å². The third-order valence-corrected chi connectivity index (χ3v) is 5.61. The van der Waals surface area contributed by atoms with E-state index in [1.807, 2.05) is 32.6 Å². The fourth-order valence-electron chi connectivity index (χ4n) is 3.78. The first-order valence-electron chi connectivity index (χ1n) is 11.3. The molecule has 6 nitrogen and oxygen atoms in total. The van der Waals surface area contributed by atoms with Gasteiger partial charge in [0.05, 0.1) is 0 Å². The quantitative estimate of drug-likeness (QED) is 0.595. The summed E-state index contributed by atoms with van der Waals surface area (Å²) in [5, 5.41) is 3.21. The fourth-order valence-corrected chi connectivity index (χ4v) is 3.96. The van der Waals surface area contributed by atoms with Crippen molar-refractivity contribution in [3.05, 3.63) is 70.5 Å². The van der Waals surface area contributed by atoms with Crippen molar-refractivity contribution in [2.24, 2.45) is 0 Å². The molecule has 0 aromatic heterocycles. The van der Waals surface area contributed by atoms with Gasteiger partial charge in [-0.2, -0.15) is 0 Å². The number of amides is 2. The van der Waals surface area contributed by atoms with Gasteiger partial charge in [0.1, 0.15) is 11.6 Å². The molecule has 1 fully saturated rings. The van der Waals surface area contributed by atoms with Crippen molar-refractivity contribution >= 4 is 29.7 Å². The lowest BCUT2D eigenvalue weighted by Crippen LogP contribution is -2.53. The topological polar surface area (TPSA) is 61.9 Å². The summed E-state index contributed by atoms with van der Waals surface area (Å²) < 4.78 is 18.6. The Labute approximate surface area is 205 Å². The van der Waals surface area contributed by atoms with Crippen LogP contribution >= 0.6 is 11.6 Å². The second-order valence-electron chi connectivity index (χ2n) is 9.52. The maximum absolute atomic E-state index is 13.1. The highest BCUT2D eigenvalue weighted by Gasteiger charge is 2.26. The fraction of sp³-hybridized carbons (Fsp3) is 0.385. The van der Waals surface area contributed by atoms with Crippen LogP contribution in [0, 0.1) is 5.82 Å². The molecule has 1 heterocycles. The van der Waals surface area contributed by atoms with E-state index in [4.69, 9.17) is 16.3 Å². The minimum atomic E-state index is -0.582. The van der Waals surface area contributed by atoms with Crippen LogP contribution in [0.3, 0.4) is 0 Å². The first-order chi connectivity index (χ1) is 16.0. The zero-order valence-corrected chi connectivity index (χ0v) is 20.7. The molecule has 34 heavy (non-hydrogen) atoms. The molecule has 0 aliphatic carbocycles. The summed E-state index contributed by atoms with van der Waals surface area (Å²) in [4.78, 5) is 29.2. The normalized spacial score (nSPS) is 17.1. The summed E-state index contributed by atoms with van der Waals surface area (Å²) in [5.74, 6) is -0.0613. The Bertz CT molecular complexity index is 1050. The van der Waals surface area contributed by atoms with Gasteiger partial charge in [0.15, 0.2) is 0 Å². The zero-order chi connectivity index (χ0) is 24.9. The summed E-state index contributed by atoms with van der Waals surface area (Å²) in [7, 11) is 0. The molecule has 0 saturated carbocycles. The molecule has 0 spiro atoms. The maximum atomic E-state index is 13.1. The lowest BCUT2D eigenvalue weighted by atomic mass is 10.1. The van der Waals surface area contributed by atoms with Gasteiger partial charge in [-0.3, -0.25) is 9.69 Å². The number of benzene rings is 2. The lowest BCUT2D eigenvalue weighted by molar-refractivity contribution is -0.130. The molecule has 1 aliphatic heterocycles. The number of carbonyl (C=O) groups is 2. The largest absolute Gasteiger partial charge is 0.413 e. The van der Waals surface area contributed by atoms with Crippen LogP contribution in [0.25, 0.3) is 6.08 Å². The van der Waals surface area contributed by atoms with Crippen LogP contribution in [0.1, 0.15) is 38.8 Å². The number of piperazine rings is 1. The van der Waals surface area contributed by atoms with Gasteiger partial charge in [-0.15, -0.1) is 0 Å². The average molecular weight is 488 g/mol. The Kier molecular flexibility index (Phi) is 8.33. The molecule has 1 atom stereocenters. The average Bonchev–Trinajstić information content (AvgIpc) is 2.74. The lowest BCUT2D eigenvalue weighted by Gasteiger charge is -2.39. The second-order valence-corrected chi connectivity index (χ2v) is 9.96. The van der Waals surface area contributed by atoms with Gasteiger partial charge in [0.25, 0.3) is 0 Å². The monoisotopic (exact) mass is 487 g/mol. The minimum absolute atomic E-state index is 0.0130. The van der Waals surface area contributed by atoms with Gasteiger partial charge >= 0.3 is 6.09 Å². The standard InChI is InChI=1S/C26H31ClFN3O3/c1-18-16-30(17-19-5-9-22(28)10-6-19)13-14-31(18)24(32)12-7-20-15-21(27)8-11-23(20)34-25(33)29-26(2,3)4/h5-12,15,18H,13-14,16-17H2,1-4H3,(H,29,33)/b12-7+. The van der Waals surface area contributed by atoms with Crippen LogP contribution in [0.2, 0.25) is 5.02 Å². The van der Waals surface area contributed by atoms with E-state index in [9.17, 15) is 14.0 Å². The molecule has 0 radical (unpaired) electrons. The molecular formula is C26H31ClFN3O3. The van der Waals surface area contributed by atoms with Gasteiger partial charge in [0, 0.05) is 54.4 Å². The Hall–Kier alpha value is -2.90.